The molecule has 2 aromatic rings. The number of benzene rings is 2. The molecule has 0 atom stereocenters. The summed E-state index contributed by atoms with van der Waals surface area (Å²) >= 11 is 0. The van der Waals surface area contributed by atoms with Crippen LogP contribution in [0.5, 0.6) is 11.5 Å². The molecule has 0 saturated carbocycles. The molecule has 0 amide bonds. The minimum Gasteiger partial charge on any atom is -0.455 e. The molecule has 8 nitrogen and oxygen atoms in total. The third kappa shape index (κ3) is 8.22. The molecule has 0 bridgehead atoms. The maximum absolute atomic E-state index is 11.8. The first-order valence-electron chi connectivity index (χ1n) is 10.3. The quantitative estimate of drug-likeness (QED) is 0.230. The summed E-state index contributed by atoms with van der Waals surface area (Å²) < 4.78 is 21.0. The van der Waals surface area contributed by atoms with Crippen LogP contribution in [0.2, 0.25) is 0 Å². The molecule has 2 rings (SSSR count). The van der Waals surface area contributed by atoms with Crippen molar-refractivity contribution >= 4 is 23.9 Å². The van der Waals surface area contributed by atoms with Crippen LogP contribution in [-0.2, 0) is 19.1 Å². The molecule has 0 aliphatic heterocycles. The Balaban J connectivity index is 2.06. The fourth-order valence-corrected chi connectivity index (χ4v) is 2.72. The summed E-state index contributed by atoms with van der Waals surface area (Å²) in [6.45, 7) is 4.41. The number of hydrogen-bond donors (Lipinski definition) is 0. The molecular formula is C24H26O8. The molecule has 0 spiro atoms. The number of unbranched alkanes of at least 4 members (excludes halogenated alkanes) is 2. The van der Waals surface area contributed by atoms with E-state index in [2.05, 4.69) is 16.4 Å². The Bertz CT molecular complexity index is 858. The minimum atomic E-state index is -0.733. The van der Waals surface area contributed by atoms with Crippen molar-refractivity contribution in [2.75, 3.05) is 0 Å². The lowest BCUT2D eigenvalue weighted by Crippen LogP contribution is -2.24. The van der Waals surface area contributed by atoms with E-state index in [9.17, 15) is 19.2 Å². The van der Waals surface area contributed by atoms with E-state index in [4.69, 9.17) is 9.47 Å². The molecule has 0 radical (unpaired) electrons. The molecule has 0 unspecified atom stereocenters. The number of ether oxygens (including phenoxy) is 4. The Kier molecular flexibility index (Phi) is 9.41. The van der Waals surface area contributed by atoms with E-state index in [1.807, 2.05) is 0 Å². The zero-order valence-electron chi connectivity index (χ0n) is 18.3. The average Bonchev–Trinajstić information content (AvgIpc) is 2.74. The van der Waals surface area contributed by atoms with Gasteiger partial charge in [-0.25, -0.2) is 9.59 Å². The predicted octanol–water partition coefficient (Wildman–Crippen LogP) is 4.46. The lowest BCUT2D eigenvalue weighted by Gasteiger charge is -2.21. The van der Waals surface area contributed by atoms with E-state index in [1.54, 1.807) is 24.3 Å². The maximum atomic E-state index is 11.8. The monoisotopic (exact) mass is 442 g/mol. The highest BCUT2D eigenvalue weighted by molar-refractivity contribution is 5.96. The van der Waals surface area contributed by atoms with Crippen LogP contribution in [0.4, 0.5) is 0 Å². The molecule has 0 saturated heterocycles. The Labute approximate surface area is 186 Å². The normalized spacial score (nSPS) is 10.4. The summed E-state index contributed by atoms with van der Waals surface area (Å²) in [5.74, 6) is -1.87. The van der Waals surface area contributed by atoms with E-state index in [-0.39, 0.29) is 11.1 Å². The summed E-state index contributed by atoms with van der Waals surface area (Å²) in [4.78, 5) is 45.4. The second-order valence-electron chi connectivity index (χ2n) is 6.97. The number of rotatable bonds is 10. The summed E-state index contributed by atoms with van der Waals surface area (Å²) in [5.41, 5.74) is 0.452. The summed E-state index contributed by atoms with van der Waals surface area (Å²) in [6, 6.07) is 12.4. The average molecular weight is 442 g/mol. The topological polar surface area (TPSA) is 105 Å². The Hall–Kier alpha value is -3.68. The van der Waals surface area contributed by atoms with Gasteiger partial charge < -0.3 is 18.9 Å². The molecule has 2 aromatic carbocycles. The number of carbonyl (C=O) groups excluding carboxylic acids is 4. The lowest BCUT2D eigenvalue weighted by molar-refractivity contribution is -0.136. The van der Waals surface area contributed by atoms with E-state index < -0.39 is 30.2 Å². The molecule has 0 aliphatic carbocycles. The number of hydrogen-bond acceptors (Lipinski definition) is 8. The van der Waals surface area contributed by atoms with Crippen molar-refractivity contribution in [2.24, 2.45) is 0 Å². The fraction of sp³-hybridized carbons (Fsp3) is 0.333. The van der Waals surface area contributed by atoms with E-state index in [1.165, 1.54) is 24.3 Å². The van der Waals surface area contributed by atoms with Crippen LogP contribution in [-0.4, -0.2) is 30.2 Å². The van der Waals surface area contributed by atoms with Gasteiger partial charge in [-0.05, 0) is 55.0 Å². The summed E-state index contributed by atoms with van der Waals surface area (Å²) in [6.07, 6.45) is 2.94. The molecule has 170 valence electrons. The minimum absolute atomic E-state index is 0.226. The number of esters is 4. The van der Waals surface area contributed by atoms with Crippen molar-refractivity contribution in [1.82, 2.24) is 0 Å². The molecule has 0 fully saturated rings. The maximum Gasteiger partial charge on any atom is 0.345 e. The highest BCUT2D eigenvalue weighted by Gasteiger charge is 2.15. The van der Waals surface area contributed by atoms with Crippen LogP contribution in [0.3, 0.4) is 0 Å². The van der Waals surface area contributed by atoms with Crippen molar-refractivity contribution in [2.45, 2.75) is 52.7 Å². The largest absolute Gasteiger partial charge is 0.455 e. The zero-order valence-corrected chi connectivity index (χ0v) is 18.3. The highest BCUT2D eigenvalue weighted by Crippen LogP contribution is 2.21. The van der Waals surface area contributed by atoms with Gasteiger partial charge in [-0.15, -0.1) is 0 Å². The zero-order chi connectivity index (χ0) is 23.5. The molecule has 0 heterocycles. The first-order valence-corrected chi connectivity index (χ1v) is 10.3. The van der Waals surface area contributed by atoms with Crippen LogP contribution >= 0.6 is 0 Å². The van der Waals surface area contributed by atoms with Crippen LogP contribution in [0.15, 0.2) is 48.5 Å². The standard InChI is InChI=1S/C24H26O8/c1-4-5-6-7-22(31-20-12-8-18(9-13-20)23(27)29-16(2)25)32-21-14-10-19(11-15-21)24(28)30-17(3)26/h8-15,22H,4-7H2,1-3H3. The van der Waals surface area contributed by atoms with Crippen molar-refractivity contribution in [3.05, 3.63) is 59.7 Å². The second-order valence-corrected chi connectivity index (χ2v) is 6.97. The molecule has 0 aromatic heterocycles. The molecule has 8 heteroatoms. The van der Waals surface area contributed by atoms with Crippen LogP contribution in [0.25, 0.3) is 0 Å². The van der Waals surface area contributed by atoms with E-state index in [0.29, 0.717) is 17.9 Å². The van der Waals surface area contributed by atoms with Crippen molar-refractivity contribution < 1.29 is 38.1 Å². The van der Waals surface area contributed by atoms with Crippen LogP contribution in [0, 0.1) is 0 Å². The van der Waals surface area contributed by atoms with Gasteiger partial charge >= 0.3 is 23.9 Å². The van der Waals surface area contributed by atoms with Gasteiger partial charge in [0.25, 0.3) is 0 Å². The lowest BCUT2D eigenvalue weighted by atomic mass is 10.2. The van der Waals surface area contributed by atoms with Crippen LogP contribution in [0.1, 0.15) is 67.2 Å². The van der Waals surface area contributed by atoms with Gasteiger partial charge in [-0.1, -0.05) is 19.8 Å². The highest BCUT2D eigenvalue weighted by atomic mass is 16.7. The van der Waals surface area contributed by atoms with Crippen LogP contribution < -0.4 is 9.47 Å². The van der Waals surface area contributed by atoms with Crippen molar-refractivity contribution in [3.8, 4) is 11.5 Å². The van der Waals surface area contributed by atoms with Crippen molar-refractivity contribution in [1.29, 1.82) is 0 Å². The summed E-state index contributed by atoms with van der Waals surface area (Å²) in [5, 5.41) is 0. The third-order valence-electron chi connectivity index (χ3n) is 4.23. The third-order valence-corrected chi connectivity index (χ3v) is 4.23. The molecular weight excluding hydrogens is 416 g/mol. The van der Waals surface area contributed by atoms with Gasteiger partial charge in [0.05, 0.1) is 11.1 Å². The second kappa shape index (κ2) is 12.2. The first kappa shape index (κ1) is 24.6. The van der Waals surface area contributed by atoms with E-state index in [0.717, 1.165) is 33.1 Å². The van der Waals surface area contributed by atoms with Gasteiger partial charge in [0.2, 0.25) is 6.29 Å². The van der Waals surface area contributed by atoms with Gasteiger partial charge in [-0.2, -0.15) is 0 Å². The van der Waals surface area contributed by atoms with Gasteiger partial charge in [0.1, 0.15) is 11.5 Å². The van der Waals surface area contributed by atoms with Gasteiger partial charge in [0, 0.05) is 20.3 Å². The first-order chi connectivity index (χ1) is 15.3. The predicted molar refractivity (Wildman–Crippen MR) is 114 cm³/mol. The summed E-state index contributed by atoms with van der Waals surface area (Å²) in [7, 11) is 0. The van der Waals surface area contributed by atoms with Crippen molar-refractivity contribution in [3.63, 3.8) is 0 Å². The van der Waals surface area contributed by atoms with Gasteiger partial charge in [-0.3, -0.25) is 9.59 Å². The Morgan fingerprint density at radius 2 is 1.09 bits per heavy atom. The molecule has 32 heavy (non-hydrogen) atoms. The number of carbonyl (C=O) groups is 4. The SMILES string of the molecule is CCCCCC(Oc1ccc(C(=O)OC(C)=O)cc1)Oc1ccc(C(=O)OC(C)=O)cc1. The smallest absolute Gasteiger partial charge is 0.345 e. The van der Waals surface area contributed by atoms with Gasteiger partial charge in [0.15, 0.2) is 0 Å². The fourth-order valence-electron chi connectivity index (χ4n) is 2.72. The molecule has 0 aliphatic rings. The van der Waals surface area contributed by atoms with E-state index >= 15 is 0 Å². The molecule has 0 N–H and O–H groups in total. The Morgan fingerprint density at radius 1 is 0.688 bits per heavy atom. The Morgan fingerprint density at radius 3 is 1.44 bits per heavy atom.